The molecule has 1 saturated carbocycles. The molecule has 26 heavy (non-hydrogen) atoms. The standard InChI is InChI=1S/C19H29N3O2.2ClH/c20-17-14-16(6-7-18(17)23)19(24)22-12-10-21(11-13-22)9-8-15-4-2-1-3-5-15;;/h1-5,16-18,23H,6-14,20H2;2*1H/t16-,17+,18+;;/m0../s1. The zero-order chi connectivity index (χ0) is 16.9. The number of amides is 1. The molecule has 1 aromatic rings. The minimum atomic E-state index is -0.441. The van der Waals surface area contributed by atoms with E-state index in [-0.39, 0.29) is 42.7 Å². The second-order valence-corrected chi connectivity index (χ2v) is 7.14. The summed E-state index contributed by atoms with van der Waals surface area (Å²) in [6.45, 7) is 4.55. The maximum absolute atomic E-state index is 12.7. The molecule has 1 aromatic carbocycles. The number of benzene rings is 1. The number of hydrogen-bond acceptors (Lipinski definition) is 4. The van der Waals surface area contributed by atoms with Gasteiger partial charge in [0.15, 0.2) is 0 Å². The number of rotatable bonds is 4. The van der Waals surface area contributed by atoms with E-state index in [0.717, 1.165) is 45.6 Å². The summed E-state index contributed by atoms with van der Waals surface area (Å²) in [5, 5.41) is 9.72. The summed E-state index contributed by atoms with van der Waals surface area (Å²) in [4.78, 5) is 17.1. The van der Waals surface area contributed by atoms with Gasteiger partial charge in [-0.3, -0.25) is 9.69 Å². The fourth-order valence-corrected chi connectivity index (χ4v) is 3.80. The summed E-state index contributed by atoms with van der Waals surface area (Å²) in [6.07, 6.45) is 2.65. The predicted molar refractivity (Wildman–Crippen MR) is 109 cm³/mol. The lowest BCUT2D eigenvalue weighted by molar-refractivity contribution is -0.139. The molecule has 1 heterocycles. The van der Waals surface area contributed by atoms with Gasteiger partial charge in [0.1, 0.15) is 0 Å². The van der Waals surface area contributed by atoms with Gasteiger partial charge in [-0.05, 0) is 31.2 Å². The van der Waals surface area contributed by atoms with Crippen LogP contribution in [0.3, 0.4) is 0 Å². The largest absolute Gasteiger partial charge is 0.392 e. The molecule has 1 aliphatic heterocycles. The van der Waals surface area contributed by atoms with Crippen molar-refractivity contribution < 1.29 is 9.90 Å². The van der Waals surface area contributed by atoms with Gasteiger partial charge in [-0.15, -0.1) is 24.8 Å². The van der Waals surface area contributed by atoms with Crippen LogP contribution in [0.4, 0.5) is 0 Å². The van der Waals surface area contributed by atoms with E-state index in [1.54, 1.807) is 0 Å². The van der Waals surface area contributed by atoms with E-state index in [9.17, 15) is 9.90 Å². The fraction of sp³-hybridized carbons (Fsp3) is 0.632. The smallest absolute Gasteiger partial charge is 0.225 e. The highest BCUT2D eigenvalue weighted by Gasteiger charge is 2.34. The number of aliphatic hydroxyl groups is 1. The van der Waals surface area contributed by atoms with Gasteiger partial charge in [0.2, 0.25) is 5.91 Å². The quantitative estimate of drug-likeness (QED) is 0.802. The Labute approximate surface area is 168 Å². The number of aliphatic hydroxyl groups excluding tert-OH is 1. The van der Waals surface area contributed by atoms with E-state index in [0.29, 0.717) is 12.8 Å². The molecule has 3 rings (SSSR count). The lowest BCUT2D eigenvalue weighted by atomic mass is 9.83. The molecule has 0 unspecified atom stereocenters. The lowest BCUT2D eigenvalue weighted by Crippen LogP contribution is -2.52. The summed E-state index contributed by atoms with van der Waals surface area (Å²) in [6, 6.07) is 10.3. The maximum atomic E-state index is 12.7. The third-order valence-electron chi connectivity index (χ3n) is 5.45. The van der Waals surface area contributed by atoms with E-state index in [4.69, 9.17) is 5.73 Å². The summed E-state index contributed by atoms with van der Waals surface area (Å²) in [5.74, 6) is 0.235. The van der Waals surface area contributed by atoms with Crippen LogP contribution >= 0.6 is 24.8 Å². The molecule has 0 radical (unpaired) electrons. The first-order valence-corrected chi connectivity index (χ1v) is 9.12. The average Bonchev–Trinajstić information content (AvgIpc) is 2.63. The van der Waals surface area contributed by atoms with Crippen LogP contribution in [0.1, 0.15) is 24.8 Å². The van der Waals surface area contributed by atoms with Crippen LogP contribution in [-0.2, 0) is 11.2 Å². The molecule has 148 valence electrons. The Kier molecular flexibility index (Phi) is 9.90. The van der Waals surface area contributed by atoms with Gasteiger partial charge in [-0.25, -0.2) is 0 Å². The first kappa shape index (κ1) is 23.2. The topological polar surface area (TPSA) is 69.8 Å². The highest BCUT2D eigenvalue weighted by atomic mass is 35.5. The van der Waals surface area contributed by atoms with Gasteiger partial charge in [0.25, 0.3) is 0 Å². The Hall–Kier alpha value is -0.850. The van der Waals surface area contributed by atoms with Gasteiger partial charge in [-0.1, -0.05) is 30.3 Å². The first-order chi connectivity index (χ1) is 11.6. The molecule has 3 atom stereocenters. The minimum Gasteiger partial charge on any atom is -0.392 e. The van der Waals surface area contributed by atoms with Gasteiger partial charge in [0.05, 0.1) is 6.10 Å². The van der Waals surface area contributed by atoms with Crippen molar-refractivity contribution in [1.29, 1.82) is 0 Å². The molecular formula is C19H31Cl2N3O2. The van der Waals surface area contributed by atoms with Gasteiger partial charge in [-0.2, -0.15) is 0 Å². The minimum absolute atomic E-state index is 0. The number of nitrogens with zero attached hydrogens (tertiary/aromatic N) is 2. The third-order valence-corrected chi connectivity index (χ3v) is 5.45. The van der Waals surface area contributed by atoms with Crippen molar-refractivity contribution in [2.75, 3.05) is 32.7 Å². The monoisotopic (exact) mass is 403 g/mol. The van der Waals surface area contributed by atoms with Crippen LogP contribution in [0.2, 0.25) is 0 Å². The number of nitrogens with two attached hydrogens (primary N) is 1. The SMILES string of the molecule is Cl.Cl.N[C@@H]1C[C@@H](C(=O)N2CCN(CCc3ccccc3)CC2)CC[C@H]1O. The maximum Gasteiger partial charge on any atom is 0.225 e. The molecular weight excluding hydrogens is 373 g/mol. The van der Waals surface area contributed by atoms with E-state index in [1.165, 1.54) is 5.56 Å². The summed E-state index contributed by atoms with van der Waals surface area (Å²) in [7, 11) is 0. The van der Waals surface area contributed by atoms with Crippen molar-refractivity contribution in [2.24, 2.45) is 11.7 Å². The van der Waals surface area contributed by atoms with E-state index >= 15 is 0 Å². The first-order valence-electron chi connectivity index (χ1n) is 9.12. The van der Waals surface area contributed by atoms with Gasteiger partial charge >= 0.3 is 0 Å². The Morgan fingerprint density at radius 2 is 1.73 bits per heavy atom. The van der Waals surface area contributed by atoms with Gasteiger partial charge < -0.3 is 15.7 Å². The zero-order valence-corrected chi connectivity index (χ0v) is 16.8. The number of hydrogen-bond donors (Lipinski definition) is 2. The normalized spacial score (nSPS) is 26.5. The molecule has 0 aromatic heterocycles. The summed E-state index contributed by atoms with van der Waals surface area (Å²) < 4.78 is 0. The molecule has 1 amide bonds. The highest BCUT2D eigenvalue weighted by molar-refractivity contribution is 5.85. The molecule has 5 nitrogen and oxygen atoms in total. The van der Waals surface area contributed by atoms with Crippen molar-refractivity contribution in [3.8, 4) is 0 Å². The van der Waals surface area contributed by atoms with Crippen LogP contribution in [-0.4, -0.2) is 65.7 Å². The van der Waals surface area contributed by atoms with Crippen molar-refractivity contribution in [3.05, 3.63) is 35.9 Å². The fourth-order valence-electron chi connectivity index (χ4n) is 3.80. The Morgan fingerprint density at radius 3 is 2.35 bits per heavy atom. The zero-order valence-electron chi connectivity index (χ0n) is 15.1. The number of carbonyl (C=O) groups excluding carboxylic acids is 1. The molecule has 0 bridgehead atoms. The Bertz CT molecular complexity index is 539. The third kappa shape index (κ3) is 6.10. The van der Waals surface area contributed by atoms with Crippen molar-refractivity contribution in [2.45, 2.75) is 37.8 Å². The van der Waals surface area contributed by atoms with Crippen molar-refractivity contribution >= 4 is 30.7 Å². The number of halogens is 2. The molecule has 1 saturated heterocycles. The lowest BCUT2D eigenvalue weighted by Gasteiger charge is -2.38. The van der Waals surface area contributed by atoms with Crippen LogP contribution in [0.15, 0.2) is 30.3 Å². The van der Waals surface area contributed by atoms with Crippen molar-refractivity contribution in [1.82, 2.24) is 9.80 Å². The van der Waals surface area contributed by atoms with Gasteiger partial charge in [0, 0.05) is 44.7 Å². The van der Waals surface area contributed by atoms with Crippen molar-refractivity contribution in [3.63, 3.8) is 0 Å². The Balaban J connectivity index is 0.00000169. The van der Waals surface area contributed by atoms with Crippen LogP contribution < -0.4 is 5.73 Å². The molecule has 1 aliphatic carbocycles. The molecule has 3 N–H and O–H groups in total. The molecule has 7 heteroatoms. The molecule has 2 fully saturated rings. The number of piperazine rings is 1. The Morgan fingerprint density at radius 1 is 1.08 bits per heavy atom. The molecule has 2 aliphatic rings. The second-order valence-electron chi connectivity index (χ2n) is 7.14. The second kappa shape index (κ2) is 11.1. The van der Waals surface area contributed by atoms with Crippen LogP contribution in [0, 0.1) is 5.92 Å². The van der Waals surface area contributed by atoms with Crippen LogP contribution in [0.5, 0.6) is 0 Å². The summed E-state index contributed by atoms with van der Waals surface area (Å²) >= 11 is 0. The summed E-state index contributed by atoms with van der Waals surface area (Å²) in [5.41, 5.74) is 7.29. The number of carbonyl (C=O) groups is 1. The van der Waals surface area contributed by atoms with E-state index in [1.807, 2.05) is 11.0 Å². The average molecular weight is 404 g/mol. The predicted octanol–water partition coefficient (Wildman–Crippen LogP) is 1.71. The van der Waals surface area contributed by atoms with Crippen LogP contribution in [0.25, 0.3) is 0 Å². The van der Waals surface area contributed by atoms with E-state index in [2.05, 4.69) is 29.2 Å². The highest BCUT2D eigenvalue weighted by Crippen LogP contribution is 2.25. The molecule has 0 spiro atoms. The van der Waals surface area contributed by atoms with E-state index < -0.39 is 6.10 Å².